The average Bonchev–Trinajstić information content (AvgIpc) is 3.23. The van der Waals surface area contributed by atoms with E-state index in [1.807, 2.05) is 19.0 Å². The van der Waals surface area contributed by atoms with Gasteiger partial charge in [-0.15, -0.1) is 0 Å². The number of piperidine rings is 1. The van der Waals surface area contributed by atoms with Crippen LogP contribution >= 0.6 is 0 Å². The number of nitrogens with zero attached hydrogens (tertiary/aromatic N) is 5. The molecule has 8 heteroatoms. The molecule has 0 saturated carbocycles. The third-order valence-corrected chi connectivity index (χ3v) is 5.66. The lowest BCUT2D eigenvalue weighted by Crippen LogP contribution is -2.45. The van der Waals surface area contributed by atoms with E-state index in [9.17, 15) is 4.79 Å². The highest BCUT2D eigenvalue weighted by Gasteiger charge is 2.26. The van der Waals surface area contributed by atoms with Crippen molar-refractivity contribution in [2.24, 2.45) is 5.73 Å². The van der Waals surface area contributed by atoms with Gasteiger partial charge in [0.05, 0.1) is 17.3 Å². The normalized spacial score (nSPS) is 16.0. The van der Waals surface area contributed by atoms with Gasteiger partial charge in [-0.2, -0.15) is 10.4 Å². The summed E-state index contributed by atoms with van der Waals surface area (Å²) in [4.78, 5) is 16.7. The minimum absolute atomic E-state index is 0.0520. The summed E-state index contributed by atoms with van der Waals surface area (Å²) in [6.07, 6.45) is 1.73. The van der Waals surface area contributed by atoms with Crippen LogP contribution in [-0.4, -0.2) is 53.8 Å². The van der Waals surface area contributed by atoms with Crippen molar-refractivity contribution in [2.45, 2.75) is 18.9 Å². The molecule has 0 unspecified atom stereocenters. The standard InChI is InChI=1S/C24H25FN6O/c1-29(2)19-9-10-22(20(25)12-19)31-23(17-7-5-16(14-26)6-8-17)13-21(28-31)24(32)30-11-3-4-18(27)15-30/h5-10,12-13,18H,3-4,11,15,27H2,1-2H3/t18-/m1/s1. The lowest BCUT2D eigenvalue weighted by atomic mass is 10.1. The van der Waals surface area contributed by atoms with Crippen LogP contribution < -0.4 is 10.6 Å². The Morgan fingerprint density at radius 1 is 1.22 bits per heavy atom. The van der Waals surface area contributed by atoms with Gasteiger partial charge in [0.2, 0.25) is 0 Å². The van der Waals surface area contributed by atoms with Gasteiger partial charge in [0.15, 0.2) is 11.5 Å². The van der Waals surface area contributed by atoms with Gasteiger partial charge in [0.25, 0.3) is 5.91 Å². The second kappa shape index (κ2) is 8.81. The van der Waals surface area contributed by atoms with Crippen molar-refractivity contribution in [3.8, 4) is 23.0 Å². The lowest BCUT2D eigenvalue weighted by molar-refractivity contribution is 0.0702. The second-order valence-corrected chi connectivity index (χ2v) is 8.20. The molecule has 32 heavy (non-hydrogen) atoms. The number of halogens is 1. The number of likely N-dealkylation sites (tertiary alicyclic amines) is 1. The van der Waals surface area contributed by atoms with Gasteiger partial charge in [0, 0.05) is 44.5 Å². The average molecular weight is 433 g/mol. The molecule has 1 atom stereocenters. The number of benzene rings is 2. The van der Waals surface area contributed by atoms with E-state index in [2.05, 4.69) is 11.2 Å². The number of aromatic nitrogens is 2. The van der Waals surface area contributed by atoms with Gasteiger partial charge in [-0.25, -0.2) is 9.07 Å². The van der Waals surface area contributed by atoms with Crippen LogP contribution in [0.25, 0.3) is 16.9 Å². The molecular formula is C24H25FN6O. The fraction of sp³-hybridized carbons (Fsp3) is 0.292. The molecule has 7 nitrogen and oxygen atoms in total. The Labute approximate surface area is 186 Å². The van der Waals surface area contributed by atoms with E-state index in [0.29, 0.717) is 24.3 Å². The maximum Gasteiger partial charge on any atom is 0.274 e. The number of nitriles is 1. The van der Waals surface area contributed by atoms with Crippen LogP contribution in [0.3, 0.4) is 0 Å². The molecule has 2 aromatic carbocycles. The van der Waals surface area contributed by atoms with E-state index < -0.39 is 5.82 Å². The summed E-state index contributed by atoms with van der Waals surface area (Å²) in [5.74, 6) is -0.674. The van der Waals surface area contributed by atoms with Crippen molar-refractivity contribution < 1.29 is 9.18 Å². The molecule has 1 saturated heterocycles. The predicted octanol–water partition coefficient (Wildman–Crippen LogP) is 3.18. The van der Waals surface area contributed by atoms with Gasteiger partial charge in [-0.3, -0.25) is 4.79 Å². The summed E-state index contributed by atoms with van der Waals surface area (Å²) in [7, 11) is 3.68. The number of nitrogens with two attached hydrogens (primary N) is 1. The number of carbonyl (C=O) groups excluding carboxylic acids is 1. The molecule has 4 rings (SSSR count). The highest BCUT2D eigenvalue weighted by Crippen LogP contribution is 2.28. The van der Waals surface area contributed by atoms with Crippen LogP contribution in [0.2, 0.25) is 0 Å². The first-order valence-corrected chi connectivity index (χ1v) is 10.5. The maximum absolute atomic E-state index is 15.1. The summed E-state index contributed by atoms with van der Waals surface area (Å²) in [5, 5.41) is 13.6. The molecule has 2 heterocycles. The van der Waals surface area contributed by atoms with Crippen molar-refractivity contribution in [1.82, 2.24) is 14.7 Å². The number of hydrogen-bond donors (Lipinski definition) is 1. The molecule has 0 aliphatic carbocycles. The topological polar surface area (TPSA) is 91.2 Å². The van der Waals surface area contributed by atoms with Gasteiger partial charge >= 0.3 is 0 Å². The molecule has 1 amide bonds. The molecule has 0 spiro atoms. The summed E-state index contributed by atoms with van der Waals surface area (Å²) in [6.45, 7) is 1.10. The molecule has 1 aliphatic rings. The first kappa shape index (κ1) is 21.5. The van der Waals surface area contributed by atoms with Crippen molar-refractivity contribution in [3.63, 3.8) is 0 Å². The van der Waals surface area contributed by atoms with E-state index in [4.69, 9.17) is 11.0 Å². The number of amides is 1. The summed E-state index contributed by atoms with van der Waals surface area (Å²) in [6, 6.07) is 15.5. The first-order chi connectivity index (χ1) is 15.4. The van der Waals surface area contributed by atoms with Crippen LogP contribution in [0.4, 0.5) is 10.1 Å². The number of anilines is 1. The molecule has 1 aromatic heterocycles. The smallest absolute Gasteiger partial charge is 0.274 e. The van der Waals surface area contributed by atoms with E-state index in [0.717, 1.165) is 24.1 Å². The third-order valence-electron chi connectivity index (χ3n) is 5.66. The molecule has 0 bridgehead atoms. The monoisotopic (exact) mass is 432 g/mol. The Kier molecular flexibility index (Phi) is 5.93. The maximum atomic E-state index is 15.1. The fourth-order valence-electron chi connectivity index (χ4n) is 3.89. The Balaban J connectivity index is 1.80. The Morgan fingerprint density at radius 2 is 1.97 bits per heavy atom. The van der Waals surface area contributed by atoms with Crippen molar-refractivity contribution in [2.75, 3.05) is 32.1 Å². The summed E-state index contributed by atoms with van der Waals surface area (Å²) >= 11 is 0. The van der Waals surface area contributed by atoms with Gasteiger partial charge in [-0.05, 0) is 49.2 Å². The molecule has 164 valence electrons. The molecular weight excluding hydrogens is 407 g/mol. The first-order valence-electron chi connectivity index (χ1n) is 10.5. The van der Waals surface area contributed by atoms with E-state index >= 15 is 4.39 Å². The second-order valence-electron chi connectivity index (χ2n) is 8.20. The highest BCUT2D eigenvalue weighted by atomic mass is 19.1. The van der Waals surface area contributed by atoms with Gasteiger partial charge in [0.1, 0.15) is 5.69 Å². The predicted molar refractivity (Wildman–Crippen MR) is 121 cm³/mol. The molecule has 0 radical (unpaired) electrons. The largest absolute Gasteiger partial charge is 0.378 e. The molecule has 1 aliphatic heterocycles. The van der Waals surface area contributed by atoms with Gasteiger partial charge < -0.3 is 15.5 Å². The number of rotatable bonds is 4. The molecule has 1 fully saturated rings. The third kappa shape index (κ3) is 4.20. The lowest BCUT2D eigenvalue weighted by Gasteiger charge is -2.30. The zero-order chi connectivity index (χ0) is 22.8. The van der Waals surface area contributed by atoms with Crippen LogP contribution in [0.1, 0.15) is 28.9 Å². The Hall–Kier alpha value is -3.70. The number of hydrogen-bond acceptors (Lipinski definition) is 5. The minimum Gasteiger partial charge on any atom is -0.378 e. The zero-order valence-corrected chi connectivity index (χ0v) is 18.1. The van der Waals surface area contributed by atoms with Crippen LogP contribution in [0.5, 0.6) is 0 Å². The quantitative estimate of drug-likeness (QED) is 0.684. The van der Waals surface area contributed by atoms with Gasteiger partial charge in [-0.1, -0.05) is 12.1 Å². The van der Waals surface area contributed by atoms with Crippen molar-refractivity contribution in [1.29, 1.82) is 5.26 Å². The SMILES string of the molecule is CN(C)c1ccc(-n2nc(C(=O)N3CCC[C@@H](N)C3)cc2-c2ccc(C#N)cc2)c(F)c1. The van der Waals surface area contributed by atoms with Crippen molar-refractivity contribution >= 4 is 11.6 Å². The summed E-state index contributed by atoms with van der Waals surface area (Å²) in [5.41, 5.74) is 9.04. The van der Waals surface area contributed by atoms with E-state index in [1.165, 1.54) is 10.7 Å². The van der Waals surface area contributed by atoms with Crippen LogP contribution in [0, 0.1) is 17.1 Å². The molecule has 2 N–H and O–H groups in total. The summed E-state index contributed by atoms with van der Waals surface area (Å²) < 4.78 is 16.5. The van der Waals surface area contributed by atoms with E-state index in [1.54, 1.807) is 47.4 Å². The minimum atomic E-state index is -0.451. The Bertz CT molecular complexity index is 1180. The van der Waals surface area contributed by atoms with E-state index in [-0.39, 0.29) is 23.3 Å². The zero-order valence-electron chi connectivity index (χ0n) is 18.1. The van der Waals surface area contributed by atoms with Crippen LogP contribution in [-0.2, 0) is 0 Å². The van der Waals surface area contributed by atoms with Crippen molar-refractivity contribution in [3.05, 3.63) is 65.6 Å². The highest BCUT2D eigenvalue weighted by molar-refractivity contribution is 5.93. The fourth-order valence-corrected chi connectivity index (χ4v) is 3.89. The Morgan fingerprint density at radius 3 is 2.59 bits per heavy atom. The van der Waals surface area contributed by atoms with Crippen LogP contribution in [0.15, 0.2) is 48.5 Å². The molecule has 3 aromatic rings. The number of carbonyl (C=O) groups is 1.